The Labute approximate surface area is 115 Å². The molecule has 1 N–H and O–H groups in total. The summed E-state index contributed by atoms with van der Waals surface area (Å²) in [7, 11) is 0. The van der Waals surface area contributed by atoms with Crippen molar-refractivity contribution < 1.29 is 14.3 Å². The van der Waals surface area contributed by atoms with Gasteiger partial charge in [-0.25, -0.2) is 4.79 Å². The maximum Gasteiger partial charge on any atom is 0.407 e. The van der Waals surface area contributed by atoms with E-state index in [9.17, 15) is 4.79 Å². The van der Waals surface area contributed by atoms with Gasteiger partial charge in [0, 0.05) is 0 Å². The summed E-state index contributed by atoms with van der Waals surface area (Å²) < 4.78 is 10.6. The molecule has 0 atom stereocenters. The van der Waals surface area contributed by atoms with Gasteiger partial charge in [-0.15, -0.1) is 0 Å². The van der Waals surface area contributed by atoms with Gasteiger partial charge in [-0.2, -0.15) is 0 Å². The molecule has 1 aromatic carbocycles. The molecule has 1 amide bonds. The first kappa shape index (κ1) is 15.3. The Morgan fingerprint density at radius 1 is 1.21 bits per heavy atom. The predicted molar refractivity (Wildman–Crippen MR) is 75.6 cm³/mol. The number of benzene rings is 1. The summed E-state index contributed by atoms with van der Waals surface area (Å²) in [4.78, 5) is 11.4. The molecule has 0 unspecified atom stereocenters. The topological polar surface area (TPSA) is 47.6 Å². The predicted octanol–water partition coefficient (Wildman–Crippen LogP) is 3.15. The highest BCUT2D eigenvalue weighted by molar-refractivity contribution is 5.67. The van der Waals surface area contributed by atoms with Gasteiger partial charge in [0.1, 0.15) is 18.0 Å². The molecule has 0 aliphatic rings. The summed E-state index contributed by atoms with van der Waals surface area (Å²) in [6.45, 7) is 8.45. The first-order chi connectivity index (χ1) is 8.90. The highest BCUT2D eigenvalue weighted by Crippen LogP contribution is 2.12. The van der Waals surface area contributed by atoms with Crippen LogP contribution in [0.2, 0.25) is 0 Å². The largest absolute Gasteiger partial charge is 0.492 e. The summed E-state index contributed by atoms with van der Waals surface area (Å²) in [5.41, 5.74) is 0.806. The van der Waals surface area contributed by atoms with Gasteiger partial charge in [0.05, 0.1) is 6.54 Å². The minimum absolute atomic E-state index is 0.419. The molecular weight excluding hydrogens is 242 g/mol. The van der Waals surface area contributed by atoms with E-state index >= 15 is 0 Å². The lowest BCUT2D eigenvalue weighted by Gasteiger charge is -2.19. The second-order valence-electron chi connectivity index (χ2n) is 5.27. The van der Waals surface area contributed by atoms with E-state index in [0.717, 1.165) is 12.2 Å². The van der Waals surface area contributed by atoms with E-state index in [2.05, 4.69) is 12.2 Å². The molecule has 0 spiro atoms. The zero-order valence-electron chi connectivity index (χ0n) is 12.2. The fourth-order valence-corrected chi connectivity index (χ4v) is 1.46. The van der Waals surface area contributed by atoms with E-state index in [1.807, 2.05) is 45.0 Å². The number of nitrogens with one attached hydrogen (secondary N) is 1. The van der Waals surface area contributed by atoms with Crippen LogP contribution in [0.4, 0.5) is 4.79 Å². The van der Waals surface area contributed by atoms with Crippen LogP contribution in [0.3, 0.4) is 0 Å². The fourth-order valence-electron chi connectivity index (χ4n) is 1.46. The van der Waals surface area contributed by atoms with Gasteiger partial charge in [0.2, 0.25) is 0 Å². The third-order valence-corrected chi connectivity index (χ3v) is 2.37. The zero-order valence-corrected chi connectivity index (χ0v) is 12.2. The van der Waals surface area contributed by atoms with Crippen molar-refractivity contribution in [3.63, 3.8) is 0 Å². The Hall–Kier alpha value is -1.71. The molecule has 0 aromatic heterocycles. The number of aryl methyl sites for hydroxylation is 1. The van der Waals surface area contributed by atoms with Gasteiger partial charge in [0.25, 0.3) is 0 Å². The summed E-state index contributed by atoms with van der Waals surface area (Å²) >= 11 is 0. The number of rotatable bonds is 5. The van der Waals surface area contributed by atoms with E-state index in [4.69, 9.17) is 9.47 Å². The van der Waals surface area contributed by atoms with Crippen molar-refractivity contribution in [2.45, 2.75) is 39.7 Å². The number of carbonyl (C=O) groups excluding carboxylic acids is 1. The summed E-state index contributed by atoms with van der Waals surface area (Å²) in [6, 6.07) is 7.95. The maximum atomic E-state index is 11.4. The normalized spacial score (nSPS) is 10.9. The minimum atomic E-state index is -0.471. The van der Waals surface area contributed by atoms with Crippen LogP contribution in [0.1, 0.15) is 33.3 Å². The molecule has 0 bridgehead atoms. The van der Waals surface area contributed by atoms with Crippen LogP contribution in [0.15, 0.2) is 24.3 Å². The first-order valence-electron chi connectivity index (χ1n) is 6.59. The third kappa shape index (κ3) is 6.70. The van der Waals surface area contributed by atoms with Gasteiger partial charge < -0.3 is 14.8 Å². The zero-order chi connectivity index (χ0) is 14.3. The fraction of sp³-hybridized carbons (Fsp3) is 0.533. The van der Waals surface area contributed by atoms with Crippen LogP contribution in [-0.2, 0) is 11.2 Å². The molecule has 0 aliphatic carbocycles. The lowest BCUT2D eigenvalue weighted by Crippen LogP contribution is -2.34. The molecule has 0 aliphatic heterocycles. The molecule has 1 aromatic rings. The molecule has 4 heteroatoms. The molecular formula is C15H23NO3. The molecule has 0 fully saturated rings. The standard InChI is InChI=1S/C15H23NO3/c1-5-12-6-8-13(9-7-12)18-11-10-16-14(17)19-15(2,3)4/h6-9H,5,10-11H2,1-4H3,(H,16,17). The van der Waals surface area contributed by atoms with Crippen molar-refractivity contribution >= 4 is 6.09 Å². The number of alkyl carbamates (subject to hydrolysis) is 1. The number of ether oxygens (including phenoxy) is 2. The second kappa shape index (κ2) is 7.02. The maximum absolute atomic E-state index is 11.4. The van der Waals surface area contributed by atoms with Crippen molar-refractivity contribution in [2.75, 3.05) is 13.2 Å². The Morgan fingerprint density at radius 2 is 1.84 bits per heavy atom. The highest BCUT2D eigenvalue weighted by atomic mass is 16.6. The van der Waals surface area contributed by atoms with Gasteiger partial charge >= 0.3 is 6.09 Å². The molecule has 0 saturated heterocycles. The number of hydrogen-bond acceptors (Lipinski definition) is 3. The average molecular weight is 265 g/mol. The molecule has 19 heavy (non-hydrogen) atoms. The second-order valence-corrected chi connectivity index (χ2v) is 5.27. The van der Waals surface area contributed by atoms with Gasteiger partial charge in [-0.05, 0) is 44.9 Å². The Bertz CT molecular complexity index is 393. The van der Waals surface area contributed by atoms with E-state index in [-0.39, 0.29) is 0 Å². The third-order valence-electron chi connectivity index (χ3n) is 2.37. The van der Waals surface area contributed by atoms with E-state index in [1.54, 1.807) is 0 Å². The lowest BCUT2D eigenvalue weighted by molar-refractivity contribution is 0.0520. The van der Waals surface area contributed by atoms with Crippen LogP contribution >= 0.6 is 0 Å². The Kier molecular flexibility index (Phi) is 5.67. The quantitative estimate of drug-likeness (QED) is 0.832. The van der Waals surface area contributed by atoms with Gasteiger partial charge in [-0.3, -0.25) is 0 Å². The van der Waals surface area contributed by atoms with Crippen molar-refractivity contribution in [2.24, 2.45) is 0 Å². The molecule has 4 nitrogen and oxygen atoms in total. The van der Waals surface area contributed by atoms with Crippen LogP contribution in [0.5, 0.6) is 5.75 Å². The van der Waals surface area contributed by atoms with Crippen molar-refractivity contribution in [3.8, 4) is 5.75 Å². The summed E-state index contributed by atoms with van der Waals surface area (Å²) in [5, 5.41) is 2.65. The van der Waals surface area contributed by atoms with Crippen LogP contribution in [0.25, 0.3) is 0 Å². The molecule has 0 saturated carbocycles. The lowest BCUT2D eigenvalue weighted by atomic mass is 10.2. The minimum Gasteiger partial charge on any atom is -0.492 e. The monoisotopic (exact) mass is 265 g/mol. The van der Waals surface area contributed by atoms with Crippen LogP contribution in [-0.4, -0.2) is 24.8 Å². The van der Waals surface area contributed by atoms with Gasteiger partial charge in [0.15, 0.2) is 0 Å². The van der Waals surface area contributed by atoms with E-state index in [0.29, 0.717) is 13.2 Å². The van der Waals surface area contributed by atoms with E-state index in [1.165, 1.54) is 5.56 Å². The average Bonchev–Trinajstić information content (AvgIpc) is 2.33. The number of carbonyl (C=O) groups is 1. The van der Waals surface area contributed by atoms with Crippen molar-refractivity contribution in [1.29, 1.82) is 0 Å². The van der Waals surface area contributed by atoms with Crippen molar-refractivity contribution in [1.82, 2.24) is 5.32 Å². The van der Waals surface area contributed by atoms with Crippen LogP contribution < -0.4 is 10.1 Å². The Balaban J connectivity index is 2.21. The molecule has 1 rings (SSSR count). The molecule has 0 heterocycles. The molecule has 106 valence electrons. The highest BCUT2D eigenvalue weighted by Gasteiger charge is 2.15. The van der Waals surface area contributed by atoms with Crippen molar-refractivity contribution in [3.05, 3.63) is 29.8 Å². The number of amides is 1. The smallest absolute Gasteiger partial charge is 0.407 e. The summed E-state index contributed by atoms with van der Waals surface area (Å²) in [6.07, 6.45) is 0.595. The first-order valence-corrected chi connectivity index (χ1v) is 6.59. The summed E-state index contributed by atoms with van der Waals surface area (Å²) in [5.74, 6) is 0.809. The van der Waals surface area contributed by atoms with E-state index < -0.39 is 11.7 Å². The number of hydrogen-bond donors (Lipinski definition) is 1. The van der Waals surface area contributed by atoms with Gasteiger partial charge in [-0.1, -0.05) is 19.1 Å². The SMILES string of the molecule is CCc1ccc(OCCNC(=O)OC(C)(C)C)cc1. The molecule has 0 radical (unpaired) electrons. The Morgan fingerprint density at radius 3 is 2.37 bits per heavy atom. The van der Waals surface area contributed by atoms with Crippen LogP contribution in [0, 0.1) is 0 Å².